The Morgan fingerprint density at radius 3 is 1.82 bits per heavy atom. The predicted octanol–water partition coefficient (Wildman–Crippen LogP) is 5.87. The molecule has 0 aromatic carbocycles. The molecule has 1 heterocycles. The zero-order valence-electron chi connectivity index (χ0n) is 14.8. The molecule has 0 atom stereocenters. The van der Waals surface area contributed by atoms with Crippen LogP contribution >= 0.6 is 0 Å². The maximum atomic E-state index is 11.5. The molecule has 22 heavy (non-hydrogen) atoms. The second kappa shape index (κ2) is 13.8. The summed E-state index contributed by atoms with van der Waals surface area (Å²) in [7, 11) is 0. The number of carbonyl (C=O) groups is 1. The maximum Gasteiger partial charge on any atom is 0.222 e. The average Bonchev–Trinajstić information content (AvgIpc) is 3.36. The van der Waals surface area contributed by atoms with Gasteiger partial charge >= 0.3 is 0 Å². The van der Waals surface area contributed by atoms with Crippen molar-refractivity contribution >= 4 is 5.91 Å². The molecule has 0 aromatic rings. The standard InChI is InChI=1S/C20H37NO/c1-2-3-4-5-6-7-8-9-10-11-12-13-14-15-16-17-20(22)21-18-19-21/h9-10H,2-8,11-19H2,1H3/b10-9+. The molecule has 2 nitrogen and oxygen atoms in total. The van der Waals surface area contributed by atoms with Gasteiger partial charge < -0.3 is 4.90 Å². The Bertz CT molecular complexity index is 294. The van der Waals surface area contributed by atoms with E-state index in [1.807, 2.05) is 4.90 Å². The highest BCUT2D eigenvalue weighted by atomic mass is 16.2. The van der Waals surface area contributed by atoms with Crippen molar-refractivity contribution in [2.24, 2.45) is 0 Å². The van der Waals surface area contributed by atoms with Crippen LogP contribution in [0.2, 0.25) is 0 Å². The normalized spacial score (nSPS) is 14.0. The zero-order valence-corrected chi connectivity index (χ0v) is 14.8. The first-order valence-corrected chi connectivity index (χ1v) is 9.77. The Kier molecular flexibility index (Phi) is 12.1. The van der Waals surface area contributed by atoms with Gasteiger partial charge in [-0.25, -0.2) is 0 Å². The second-order valence-electron chi connectivity index (χ2n) is 6.72. The van der Waals surface area contributed by atoms with Gasteiger partial charge in [-0.1, -0.05) is 70.4 Å². The van der Waals surface area contributed by atoms with Gasteiger partial charge in [-0.15, -0.1) is 0 Å². The van der Waals surface area contributed by atoms with E-state index in [9.17, 15) is 4.79 Å². The molecule has 0 aliphatic carbocycles. The van der Waals surface area contributed by atoms with E-state index in [-0.39, 0.29) is 0 Å². The Hall–Kier alpha value is -0.790. The van der Waals surface area contributed by atoms with E-state index in [0.29, 0.717) is 5.91 Å². The third kappa shape index (κ3) is 11.8. The molecule has 1 aliphatic heterocycles. The molecule has 0 N–H and O–H groups in total. The molecule has 0 aromatic heterocycles. The van der Waals surface area contributed by atoms with Crippen molar-refractivity contribution < 1.29 is 4.79 Å². The quantitative estimate of drug-likeness (QED) is 0.210. The Labute approximate surface area is 138 Å². The highest BCUT2D eigenvalue weighted by Crippen LogP contribution is 2.12. The van der Waals surface area contributed by atoms with E-state index in [1.54, 1.807) is 0 Å². The van der Waals surface area contributed by atoms with Crippen LogP contribution in [0.4, 0.5) is 0 Å². The molecule has 2 heteroatoms. The minimum Gasteiger partial charge on any atom is -0.339 e. The fourth-order valence-electron chi connectivity index (χ4n) is 2.80. The molecule has 1 fully saturated rings. The lowest BCUT2D eigenvalue weighted by Gasteiger charge is -2.01. The minimum absolute atomic E-state index is 0.373. The number of nitrogens with zero attached hydrogens (tertiary/aromatic N) is 1. The van der Waals surface area contributed by atoms with Gasteiger partial charge in [0.1, 0.15) is 0 Å². The Balaban J connectivity index is 1.71. The van der Waals surface area contributed by atoms with Crippen LogP contribution in [-0.4, -0.2) is 23.9 Å². The van der Waals surface area contributed by atoms with E-state index in [1.165, 1.54) is 77.0 Å². The van der Waals surface area contributed by atoms with Gasteiger partial charge in [0, 0.05) is 19.5 Å². The van der Waals surface area contributed by atoms with Crippen molar-refractivity contribution in [1.82, 2.24) is 4.90 Å². The highest BCUT2D eigenvalue weighted by molar-refractivity contribution is 5.78. The highest BCUT2D eigenvalue weighted by Gasteiger charge is 2.22. The maximum absolute atomic E-state index is 11.5. The fraction of sp³-hybridized carbons (Fsp3) is 0.850. The summed E-state index contributed by atoms with van der Waals surface area (Å²) in [6, 6.07) is 0. The molecule has 128 valence electrons. The largest absolute Gasteiger partial charge is 0.339 e. The van der Waals surface area contributed by atoms with Crippen molar-refractivity contribution in [3.8, 4) is 0 Å². The minimum atomic E-state index is 0.373. The van der Waals surface area contributed by atoms with Crippen LogP contribution in [0.5, 0.6) is 0 Å². The average molecular weight is 308 g/mol. The lowest BCUT2D eigenvalue weighted by molar-refractivity contribution is -0.125. The topological polar surface area (TPSA) is 20.1 Å². The first-order chi connectivity index (χ1) is 10.8. The summed E-state index contributed by atoms with van der Waals surface area (Å²) in [5, 5.41) is 0. The number of hydrogen-bond donors (Lipinski definition) is 0. The Morgan fingerprint density at radius 1 is 0.773 bits per heavy atom. The van der Waals surface area contributed by atoms with Crippen LogP contribution in [0.25, 0.3) is 0 Å². The van der Waals surface area contributed by atoms with E-state index in [4.69, 9.17) is 0 Å². The van der Waals surface area contributed by atoms with E-state index in [0.717, 1.165) is 25.9 Å². The lowest BCUT2D eigenvalue weighted by atomic mass is 10.1. The molecule has 1 amide bonds. The van der Waals surface area contributed by atoms with Crippen molar-refractivity contribution in [2.75, 3.05) is 13.1 Å². The SMILES string of the molecule is CCCCCCCC/C=C/CCCCCCCC(=O)N1CC1. The van der Waals surface area contributed by atoms with E-state index < -0.39 is 0 Å². The molecule has 0 radical (unpaired) electrons. The summed E-state index contributed by atoms with van der Waals surface area (Å²) in [5.74, 6) is 0.373. The van der Waals surface area contributed by atoms with E-state index in [2.05, 4.69) is 19.1 Å². The molecule has 1 aliphatic rings. The van der Waals surface area contributed by atoms with Crippen molar-refractivity contribution in [3.05, 3.63) is 12.2 Å². The van der Waals surface area contributed by atoms with Gasteiger partial charge in [0.25, 0.3) is 0 Å². The summed E-state index contributed by atoms with van der Waals surface area (Å²) < 4.78 is 0. The summed E-state index contributed by atoms with van der Waals surface area (Å²) in [5.41, 5.74) is 0. The molecule has 0 spiro atoms. The van der Waals surface area contributed by atoms with Crippen molar-refractivity contribution in [1.29, 1.82) is 0 Å². The molecule has 1 rings (SSSR count). The summed E-state index contributed by atoms with van der Waals surface area (Å²) in [6.45, 7) is 4.28. The van der Waals surface area contributed by atoms with Gasteiger partial charge in [-0.3, -0.25) is 4.79 Å². The Morgan fingerprint density at radius 2 is 1.27 bits per heavy atom. The number of carbonyl (C=O) groups excluding carboxylic acids is 1. The number of unbranched alkanes of at least 4 members (excludes halogenated alkanes) is 11. The van der Waals surface area contributed by atoms with Crippen LogP contribution in [0.3, 0.4) is 0 Å². The van der Waals surface area contributed by atoms with Gasteiger partial charge in [0.2, 0.25) is 5.91 Å². The first kappa shape index (κ1) is 19.3. The molecular formula is C20H37NO. The summed E-state index contributed by atoms with van der Waals surface area (Å²) in [6.07, 6.45) is 22.6. The molecular weight excluding hydrogens is 270 g/mol. The van der Waals surface area contributed by atoms with Gasteiger partial charge in [-0.2, -0.15) is 0 Å². The predicted molar refractivity (Wildman–Crippen MR) is 96.0 cm³/mol. The number of hydrogen-bond acceptors (Lipinski definition) is 1. The van der Waals surface area contributed by atoms with Crippen LogP contribution < -0.4 is 0 Å². The van der Waals surface area contributed by atoms with Crippen LogP contribution in [0.1, 0.15) is 96.8 Å². The van der Waals surface area contributed by atoms with Gasteiger partial charge in [0.15, 0.2) is 0 Å². The molecule has 0 saturated carbocycles. The number of allylic oxidation sites excluding steroid dienone is 2. The van der Waals surface area contributed by atoms with Gasteiger partial charge in [0.05, 0.1) is 0 Å². The fourth-order valence-corrected chi connectivity index (χ4v) is 2.80. The third-order valence-electron chi connectivity index (χ3n) is 4.45. The monoisotopic (exact) mass is 307 g/mol. The first-order valence-electron chi connectivity index (χ1n) is 9.77. The second-order valence-corrected chi connectivity index (χ2v) is 6.72. The van der Waals surface area contributed by atoms with Crippen molar-refractivity contribution in [3.63, 3.8) is 0 Å². The summed E-state index contributed by atoms with van der Waals surface area (Å²) in [4.78, 5) is 13.4. The third-order valence-corrected chi connectivity index (χ3v) is 4.45. The molecule has 1 saturated heterocycles. The van der Waals surface area contributed by atoms with Crippen molar-refractivity contribution in [2.45, 2.75) is 96.8 Å². The smallest absolute Gasteiger partial charge is 0.222 e. The summed E-state index contributed by atoms with van der Waals surface area (Å²) >= 11 is 0. The zero-order chi connectivity index (χ0) is 15.9. The van der Waals surface area contributed by atoms with E-state index >= 15 is 0 Å². The van der Waals surface area contributed by atoms with Crippen LogP contribution in [0, 0.1) is 0 Å². The lowest BCUT2D eigenvalue weighted by Crippen LogP contribution is -2.09. The molecule has 0 unspecified atom stereocenters. The molecule has 0 bridgehead atoms. The van der Waals surface area contributed by atoms with Crippen LogP contribution in [-0.2, 0) is 4.79 Å². The van der Waals surface area contributed by atoms with Gasteiger partial charge in [-0.05, 0) is 32.1 Å². The van der Waals surface area contributed by atoms with Crippen LogP contribution in [0.15, 0.2) is 12.2 Å². The number of rotatable bonds is 15. The number of amides is 1.